The molecule has 2 N–H and O–H groups in total. The van der Waals surface area contributed by atoms with Crippen LogP contribution in [0.15, 0.2) is 66.4 Å². The van der Waals surface area contributed by atoms with Crippen molar-refractivity contribution in [3.8, 4) is 0 Å². The van der Waals surface area contributed by atoms with Crippen molar-refractivity contribution in [2.45, 2.75) is 39.2 Å². The number of hydrogen-bond donors (Lipinski definition) is 1. The molecule has 0 saturated heterocycles. The van der Waals surface area contributed by atoms with Gasteiger partial charge >= 0.3 is 0 Å². The average Bonchev–Trinajstić information content (AvgIpc) is 3.13. The van der Waals surface area contributed by atoms with E-state index in [1.807, 2.05) is 34.9 Å². The summed E-state index contributed by atoms with van der Waals surface area (Å²) < 4.78 is 1.94. The van der Waals surface area contributed by atoms with Crippen LogP contribution in [0, 0.1) is 10.1 Å². The van der Waals surface area contributed by atoms with E-state index in [1.165, 1.54) is 6.07 Å². The Morgan fingerprint density at radius 2 is 1.87 bits per heavy atom. The molecule has 0 radical (unpaired) electrons. The third-order valence-electron chi connectivity index (χ3n) is 5.12. The van der Waals surface area contributed by atoms with Crippen molar-refractivity contribution < 1.29 is 9.72 Å². The lowest BCUT2D eigenvalue weighted by Crippen LogP contribution is -2.16. The summed E-state index contributed by atoms with van der Waals surface area (Å²) in [6.45, 7) is 2.39. The minimum Gasteiger partial charge on any atom is -0.366 e. The Labute approximate surface area is 181 Å². The Hall–Kier alpha value is -3.74. The Kier molecular flexibility index (Phi) is 7.32. The molecule has 1 amide bonds. The predicted molar refractivity (Wildman–Crippen MR) is 120 cm³/mol. The van der Waals surface area contributed by atoms with Crippen LogP contribution in [0.2, 0.25) is 0 Å². The number of carbonyl (C=O) groups is 1. The highest BCUT2D eigenvalue weighted by molar-refractivity contribution is 5.96. The summed E-state index contributed by atoms with van der Waals surface area (Å²) in [6.07, 6.45) is 6.54. The number of aromatic nitrogens is 2. The summed E-state index contributed by atoms with van der Waals surface area (Å²) in [5, 5.41) is 11.5. The van der Waals surface area contributed by atoms with Crippen molar-refractivity contribution >= 4 is 17.7 Å². The van der Waals surface area contributed by atoms with Crippen LogP contribution in [0.3, 0.4) is 0 Å². The van der Waals surface area contributed by atoms with Crippen LogP contribution in [-0.4, -0.2) is 20.4 Å². The van der Waals surface area contributed by atoms with Gasteiger partial charge < -0.3 is 10.3 Å². The lowest BCUT2D eigenvalue weighted by Gasteiger charge is -2.12. The predicted octanol–water partition coefficient (Wildman–Crippen LogP) is 4.29. The van der Waals surface area contributed by atoms with Crippen molar-refractivity contribution in [2.75, 3.05) is 0 Å². The number of nitrogens with zero attached hydrogens (tertiary/aromatic N) is 3. The zero-order valence-corrected chi connectivity index (χ0v) is 17.5. The number of nitro benzene ring substituents is 1. The first kappa shape index (κ1) is 22.0. The number of carbonyl (C=O) groups excluding carboxylic acids is 1. The van der Waals surface area contributed by atoms with Crippen LogP contribution in [0.1, 0.15) is 42.4 Å². The summed E-state index contributed by atoms with van der Waals surface area (Å²) in [5.41, 5.74) is 8.44. The number of imidazole rings is 1. The number of hydrogen-bond acceptors (Lipinski definition) is 4. The Morgan fingerprint density at radius 1 is 1.16 bits per heavy atom. The number of rotatable bonds is 10. The van der Waals surface area contributed by atoms with Gasteiger partial charge in [-0.2, -0.15) is 0 Å². The highest BCUT2D eigenvalue weighted by atomic mass is 16.6. The molecule has 0 unspecified atom stereocenters. The summed E-state index contributed by atoms with van der Waals surface area (Å²) in [4.78, 5) is 27.8. The second-order valence-electron chi connectivity index (χ2n) is 7.37. The van der Waals surface area contributed by atoms with E-state index in [4.69, 9.17) is 5.73 Å². The third-order valence-corrected chi connectivity index (χ3v) is 5.12. The van der Waals surface area contributed by atoms with E-state index in [0.717, 1.165) is 30.7 Å². The number of para-hydroxylation sites is 1. The molecule has 7 heteroatoms. The van der Waals surface area contributed by atoms with Gasteiger partial charge in [-0.25, -0.2) is 4.98 Å². The van der Waals surface area contributed by atoms with Gasteiger partial charge in [-0.15, -0.1) is 0 Å². The van der Waals surface area contributed by atoms with Gasteiger partial charge in [0.15, 0.2) is 0 Å². The van der Waals surface area contributed by atoms with Gasteiger partial charge in [0, 0.05) is 30.0 Å². The maximum atomic E-state index is 12.1. The van der Waals surface area contributed by atoms with Gasteiger partial charge in [-0.3, -0.25) is 14.9 Å². The molecule has 160 valence electrons. The summed E-state index contributed by atoms with van der Waals surface area (Å²) >= 11 is 0. The first-order valence-corrected chi connectivity index (χ1v) is 10.3. The van der Waals surface area contributed by atoms with Crippen molar-refractivity contribution in [3.05, 3.63) is 99.1 Å². The standard InChI is InChI=1S/C24H26N4O3/c1-2-3-13-23-26-16-21(15-20(24(25)29)14-18-9-5-4-6-10-18)27(23)17-19-11-7-8-12-22(19)28(30)31/h4-12,15-16H,2-3,13-14,17H2,1H3,(H2,25,29)/b20-15+. The van der Waals surface area contributed by atoms with Crippen LogP contribution in [0.5, 0.6) is 0 Å². The van der Waals surface area contributed by atoms with Crippen LogP contribution in [0.25, 0.3) is 6.08 Å². The molecule has 3 aromatic rings. The molecule has 0 aliphatic rings. The van der Waals surface area contributed by atoms with Gasteiger partial charge in [0.2, 0.25) is 5.91 Å². The Bertz CT molecular complexity index is 1090. The van der Waals surface area contributed by atoms with Gasteiger partial charge in [0.1, 0.15) is 5.82 Å². The van der Waals surface area contributed by atoms with Crippen LogP contribution in [0.4, 0.5) is 5.69 Å². The normalized spacial score (nSPS) is 11.5. The molecule has 1 aromatic heterocycles. The van der Waals surface area contributed by atoms with E-state index in [1.54, 1.807) is 30.5 Å². The quantitative estimate of drug-likeness (QED) is 0.301. The average molecular weight is 418 g/mol. The molecule has 2 aromatic carbocycles. The minimum absolute atomic E-state index is 0.0620. The molecule has 3 rings (SSSR count). The number of amides is 1. The SMILES string of the molecule is CCCCc1ncc(/C=C(\Cc2ccccc2)C(N)=O)n1Cc1ccccc1[N+](=O)[O-]. The fourth-order valence-electron chi connectivity index (χ4n) is 3.46. The van der Waals surface area contributed by atoms with E-state index < -0.39 is 5.91 Å². The monoisotopic (exact) mass is 418 g/mol. The number of nitrogens with two attached hydrogens (primary N) is 1. The van der Waals surface area contributed by atoms with Gasteiger partial charge in [0.05, 0.1) is 23.4 Å². The van der Waals surface area contributed by atoms with E-state index in [-0.39, 0.29) is 10.6 Å². The maximum Gasteiger partial charge on any atom is 0.274 e. The van der Waals surface area contributed by atoms with Gasteiger partial charge in [-0.05, 0) is 18.1 Å². The molecule has 31 heavy (non-hydrogen) atoms. The number of unbranched alkanes of at least 4 members (excludes halogenated alkanes) is 1. The summed E-state index contributed by atoms with van der Waals surface area (Å²) in [5.74, 6) is 0.326. The Balaban J connectivity index is 2.02. The smallest absolute Gasteiger partial charge is 0.274 e. The maximum absolute atomic E-state index is 12.1. The molecule has 0 saturated carbocycles. The Morgan fingerprint density at radius 3 is 2.55 bits per heavy atom. The number of primary amides is 1. The van der Waals surface area contributed by atoms with Gasteiger partial charge in [0.25, 0.3) is 5.69 Å². The number of aryl methyl sites for hydroxylation is 1. The van der Waals surface area contributed by atoms with E-state index in [0.29, 0.717) is 29.8 Å². The fourth-order valence-corrected chi connectivity index (χ4v) is 3.46. The molecule has 0 aliphatic carbocycles. The minimum atomic E-state index is -0.502. The second-order valence-corrected chi connectivity index (χ2v) is 7.37. The molecule has 0 atom stereocenters. The molecule has 0 fully saturated rings. The van der Waals surface area contributed by atoms with Crippen molar-refractivity contribution in [3.63, 3.8) is 0 Å². The summed E-state index contributed by atoms with van der Waals surface area (Å²) in [6, 6.07) is 16.3. The van der Waals surface area contributed by atoms with Crippen LogP contribution in [-0.2, 0) is 24.2 Å². The van der Waals surface area contributed by atoms with Crippen molar-refractivity contribution in [1.29, 1.82) is 0 Å². The summed E-state index contributed by atoms with van der Waals surface area (Å²) in [7, 11) is 0. The molecule has 0 spiro atoms. The van der Waals surface area contributed by atoms with Gasteiger partial charge in [-0.1, -0.05) is 61.9 Å². The lowest BCUT2D eigenvalue weighted by molar-refractivity contribution is -0.385. The zero-order chi connectivity index (χ0) is 22.2. The fraction of sp³-hybridized carbons (Fsp3) is 0.250. The molecule has 1 heterocycles. The largest absolute Gasteiger partial charge is 0.366 e. The molecule has 0 aliphatic heterocycles. The first-order valence-electron chi connectivity index (χ1n) is 10.3. The van der Waals surface area contributed by atoms with E-state index >= 15 is 0 Å². The molecular weight excluding hydrogens is 392 g/mol. The van der Waals surface area contributed by atoms with E-state index in [9.17, 15) is 14.9 Å². The second kappa shape index (κ2) is 10.3. The molecular formula is C24H26N4O3. The number of nitro groups is 1. The zero-order valence-electron chi connectivity index (χ0n) is 17.5. The van der Waals surface area contributed by atoms with Crippen molar-refractivity contribution in [1.82, 2.24) is 9.55 Å². The molecule has 7 nitrogen and oxygen atoms in total. The third kappa shape index (κ3) is 5.66. The molecule has 0 bridgehead atoms. The van der Waals surface area contributed by atoms with E-state index in [2.05, 4.69) is 11.9 Å². The van der Waals surface area contributed by atoms with Crippen LogP contribution >= 0.6 is 0 Å². The number of benzene rings is 2. The van der Waals surface area contributed by atoms with Crippen molar-refractivity contribution in [2.24, 2.45) is 5.73 Å². The highest BCUT2D eigenvalue weighted by Crippen LogP contribution is 2.22. The lowest BCUT2D eigenvalue weighted by atomic mass is 10.0. The highest BCUT2D eigenvalue weighted by Gasteiger charge is 2.17. The first-order chi connectivity index (χ1) is 15.0. The van der Waals surface area contributed by atoms with Crippen LogP contribution < -0.4 is 5.73 Å². The topological polar surface area (TPSA) is 104 Å².